The van der Waals surface area contributed by atoms with Crippen molar-refractivity contribution in [3.8, 4) is 0 Å². The number of hydrogen-bond acceptors (Lipinski definition) is 2. The lowest BCUT2D eigenvalue weighted by atomic mass is 9.96. The van der Waals surface area contributed by atoms with Gasteiger partial charge in [-0.05, 0) is 46.1 Å². The first-order valence-corrected chi connectivity index (χ1v) is 6.95. The van der Waals surface area contributed by atoms with Gasteiger partial charge in [0.1, 0.15) is 5.82 Å². The normalized spacial score (nSPS) is 12.6. The molecule has 2 rings (SSSR count). The third-order valence-electron chi connectivity index (χ3n) is 2.61. The predicted molar refractivity (Wildman–Crippen MR) is 71.9 cm³/mol. The van der Waals surface area contributed by atoms with E-state index in [9.17, 15) is 9.50 Å². The zero-order chi connectivity index (χ0) is 12.3. The van der Waals surface area contributed by atoms with Crippen molar-refractivity contribution in [2.24, 2.45) is 0 Å². The van der Waals surface area contributed by atoms with Crippen LogP contribution in [0.25, 0.3) is 0 Å². The first-order chi connectivity index (χ1) is 8.19. The largest absolute Gasteiger partial charge is 0.396 e. The fraction of sp³-hybridized carbons (Fsp3) is 0.231. The van der Waals surface area contributed by atoms with Crippen molar-refractivity contribution in [2.75, 3.05) is 6.61 Å². The van der Waals surface area contributed by atoms with Crippen LogP contribution in [0.5, 0.6) is 0 Å². The Morgan fingerprint density at radius 1 is 1.35 bits per heavy atom. The Labute approximate surface area is 112 Å². The average molecular weight is 315 g/mol. The second-order valence-electron chi connectivity index (χ2n) is 3.87. The summed E-state index contributed by atoms with van der Waals surface area (Å²) in [6, 6.07) is 8.47. The zero-order valence-corrected chi connectivity index (χ0v) is 11.5. The first kappa shape index (κ1) is 12.7. The number of halogens is 2. The van der Waals surface area contributed by atoms with Crippen molar-refractivity contribution >= 4 is 27.3 Å². The number of thiophene rings is 1. The lowest BCUT2D eigenvalue weighted by Crippen LogP contribution is -2.07. The van der Waals surface area contributed by atoms with Crippen molar-refractivity contribution in [3.05, 3.63) is 56.4 Å². The van der Waals surface area contributed by atoms with Crippen LogP contribution in [0.2, 0.25) is 0 Å². The minimum absolute atomic E-state index is 0.0268. The molecule has 0 saturated heterocycles. The van der Waals surface area contributed by atoms with Gasteiger partial charge in [0.05, 0.1) is 6.61 Å². The van der Waals surface area contributed by atoms with E-state index in [1.54, 1.807) is 17.4 Å². The molecule has 0 aliphatic heterocycles. The molecule has 0 aliphatic rings. The second-order valence-corrected chi connectivity index (χ2v) is 5.78. The monoisotopic (exact) mass is 314 g/mol. The summed E-state index contributed by atoms with van der Waals surface area (Å²) in [6.07, 6.45) is 0.732. The van der Waals surface area contributed by atoms with Gasteiger partial charge in [-0.1, -0.05) is 12.1 Å². The van der Waals surface area contributed by atoms with E-state index >= 15 is 0 Å². The van der Waals surface area contributed by atoms with Crippen LogP contribution in [-0.4, -0.2) is 11.7 Å². The first-order valence-electron chi connectivity index (χ1n) is 5.28. The van der Waals surface area contributed by atoms with Crippen molar-refractivity contribution in [1.82, 2.24) is 0 Å². The van der Waals surface area contributed by atoms with E-state index in [1.165, 1.54) is 17.0 Å². The predicted octanol–water partition coefficient (Wildman–Crippen LogP) is 3.97. The van der Waals surface area contributed by atoms with Crippen molar-refractivity contribution in [3.63, 3.8) is 0 Å². The Balaban J connectivity index is 2.16. The smallest absolute Gasteiger partial charge is 0.123 e. The van der Waals surface area contributed by atoms with Gasteiger partial charge in [0.15, 0.2) is 0 Å². The maximum absolute atomic E-state index is 13.1. The molecule has 1 heterocycles. The number of aliphatic hydroxyl groups is 1. The van der Waals surface area contributed by atoms with Gasteiger partial charge in [0, 0.05) is 20.6 Å². The van der Waals surface area contributed by atoms with Crippen molar-refractivity contribution in [1.29, 1.82) is 0 Å². The molecule has 90 valence electrons. The van der Waals surface area contributed by atoms with Gasteiger partial charge in [-0.25, -0.2) is 4.39 Å². The minimum Gasteiger partial charge on any atom is -0.396 e. The Hall–Kier alpha value is -0.710. The fourth-order valence-corrected chi connectivity index (χ4v) is 3.28. The van der Waals surface area contributed by atoms with Gasteiger partial charge < -0.3 is 5.11 Å². The van der Waals surface area contributed by atoms with E-state index in [2.05, 4.69) is 15.9 Å². The van der Waals surface area contributed by atoms with Gasteiger partial charge in [0.25, 0.3) is 0 Å². The van der Waals surface area contributed by atoms with E-state index in [0.717, 1.165) is 16.5 Å². The standard InChI is InChI=1S/C13H12BrFOS/c14-11-6-13(17-8-11)5-10(7-16)9-2-1-3-12(15)4-9/h1-4,6,8,10,16H,5,7H2. The van der Waals surface area contributed by atoms with Crippen molar-refractivity contribution < 1.29 is 9.50 Å². The lowest BCUT2D eigenvalue weighted by molar-refractivity contribution is 0.264. The highest BCUT2D eigenvalue weighted by molar-refractivity contribution is 9.10. The van der Waals surface area contributed by atoms with E-state index in [1.807, 2.05) is 17.5 Å². The maximum atomic E-state index is 13.1. The second kappa shape index (κ2) is 5.76. The number of rotatable bonds is 4. The van der Waals surface area contributed by atoms with Crippen LogP contribution in [0.4, 0.5) is 4.39 Å². The van der Waals surface area contributed by atoms with Crippen LogP contribution in [0, 0.1) is 5.82 Å². The van der Waals surface area contributed by atoms with E-state index < -0.39 is 0 Å². The SMILES string of the molecule is OCC(Cc1cc(Br)cs1)c1cccc(F)c1. The van der Waals surface area contributed by atoms with Gasteiger partial charge >= 0.3 is 0 Å². The molecule has 1 aromatic heterocycles. The molecule has 0 fully saturated rings. The van der Waals surface area contributed by atoms with E-state index in [-0.39, 0.29) is 18.3 Å². The molecule has 0 spiro atoms. The lowest BCUT2D eigenvalue weighted by Gasteiger charge is -2.13. The van der Waals surface area contributed by atoms with Crippen LogP contribution >= 0.6 is 27.3 Å². The molecule has 0 saturated carbocycles. The van der Waals surface area contributed by atoms with Gasteiger partial charge in [-0.3, -0.25) is 0 Å². The van der Waals surface area contributed by atoms with Crippen LogP contribution in [-0.2, 0) is 6.42 Å². The van der Waals surface area contributed by atoms with Crippen LogP contribution in [0.3, 0.4) is 0 Å². The fourth-order valence-electron chi connectivity index (χ4n) is 1.75. The summed E-state index contributed by atoms with van der Waals surface area (Å²) in [5, 5.41) is 11.4. The summed E-state index contributed by atoms with van der Waals surface area (Å²) in [4.78, 5) is 1.18. The average Bonchev–Trinajstić information content (AvgIpc) is 2.72. The maximum Gasteiger partial charge on any atom is 0.123 e. The minimum atomic E-state index is -0.256. The third kappa shape index (κ3) is 3.37. The highest BCUT2D eigenvalue weighted by Crippen LogP contribution is 2.27. The van der Waals surface area contributed by atoms with E-state index in [0.29, 0.717) is 0 Å². The Kier molecular flexibility index (Phi) is 4.31. The molecule has 1 N–H and O–H groups in total. The Bertz CT molecular complexity index is 498. The van der Waals surface area contributed by atoms with Crippen molar-refractivity contribution in [2.45, 2.75) is 12.3 Å². The molecule has 0 bridgehead atoms. The summed E-state index contributed by atoms with van der Waals surface area (Å²) in [5.74, 6) is -0.301. The number of hydrogen-bond donors (Lipinski definition) is 1. The molecule has 0 aliphatic carbocycles. The summed E-state index contributed by atoms with van der Waals surface area (Å²) >= 11 is 5.04. The topological polar surface area (TPSA) is 20.2 Å². The summed E-state index contributed by atoms with van der Waals surface area (Å²) in [7, 11) is 0. The van der Waals surface area contributed by atoms with Gasteiger partial charge in [-0.15, -0.1) is 11.3 Å². The van der Waals surface area contributed by atoms with Crippen LogP contribution in [0.15, 0.2) is 40.2 Å². The van der Waals surface area contributed by atoms with Gasteiger partial charge in [-0.2, -0.15) is 0 Å². The van der Waals surface area contributed by atoms with Crippen LogP contribution < -0.4 is 0 Å². The highest BCUT2D eigenvalue weighted by Gasteiger charge is 2.13. The molecule has 1 aromatic carbocycles. The highest BCUT2D eigenvalue weighted by atomic mass is 79.9. The summed E-state index contributed by atoms with van der Waals surface area (Å²) < 4.78 is 14.2. The molecule has 0 amide bonds. The number of benzene rings is 1. The molecule has 1 nitrogen and oxygen atoms in total. The Morgan fingerprint density at radius 2 is 2.18 bits per heavy atom. The Morgan fingerprint density at radius 3 is 2.76 bits per heavy atom. The quantitative estimate of drug-likeness (QED) is 0.905. The molecular formula is C13H12BrFOS. The number of aliphatic hydroxyl groups excluding tert-OH is 1. The van der Waals surface area contributed by atoms with Gasteiger partial charge in [0.2, 0.25) is 0 Å². The molecule has 0 radical (unpaired) electrons. The molecule has 1 atom stereocenters. The van der Waals surface area contributed by atoms with Crippen LogP contribution in [0.1, 0.15) is 16.4 Å². The zero-order valence-electron chi connectivity index (χ0n) is 9.07. The molecule has 4 heteroatoms. The molecule has 2 aromatic rings. The van der Waals surface area contributed by atoms with E-state index in [4.69, 9.17) is 0 Å². The molecule has 1 unspecified atom stereocenters. The summed E-state index contributed by atoms with van der Waals surface area (Å²) in [6.45, 7) is 0.0268. The molecule has 17 heavy (non-hydrogen) atoms. The molecular weight excluding hydrogens is 303 g/mol. The third-order valence-corrected chi connectivity index (χ3v) is 4.33. The summed E-state index contributed by atoms with van der Waals surface area (Å²) in [5.41, 5.74) is 0.844.